The van der Waals surface area contributed by atoms with E-state index in [1.807, 2.05) is 0 Å². The van der Waals surface area contributed by atoms with Gasteiger partial charge in [0.1, 0.15) is 23.9 Å². The largest absolute Gasteiger partial charge is 0.465 e. The number of nitrogens with zero attached hydrogens (tertiary/aromatic N) is 2. The highest BCUT2D eigenvalue weighted by atomic mass is 16.6. The van der Waals surface area contributed by atoms with Crippen molar-refractivity contribution in [3.05, 3.63) is 47.6 Å². The maximum Gasteiger partial charge on any atom is 0.414 e. The third kappa shape index (κ3) is 7.80. The monoisotopic (exact) mass is 414 g/mol. The summed E-state index contributed by atoms with van der Waals surface area (Å²) < 4.78 is 15.1. The van der Waals surface area contributed by atoms with Crippen molar-refractivity contribution in [2.45, 2.75) is 33.3 Å². The Balaban J connectivity index is 3.08. The molecule has 8 nitrogen and oxygen atoms in total. The van der Waals surface area contributed by atoms with Crippen LogP contribution in [0.15, 0.2) is 42.0 Å². The van der Waals surface area contributed by atoms with Gasteiger partial charge in [-0.15, -0.1) is 0 Å². The number of ether oxygens (including phenoxy) is 3. The van der Waals surface area contributed by atoms with Crippen molar-refractivity contribution in [3.63, 3.8) is 0 Å². The van der Waals surface area contributed by atoms with Gasteiger partial charge in [-0.25, -0.2) is 14.4 Å². The average molecular weight is 414 g/mol. The Kier molecular flexibility index (Phi) is 8.81. The van der Waals surface area contributed by atoms with Crippen LogP contribution in [0.4, 0.5) is 10.5 Å². The number of methoxy groups -OCH3 is 1. The van der Waals surface area contributed by atoms with Gasteiger partial charge in [0.2, 0.25) is 0 Å². The van der Waals surface area contributed by atoms with Crippen LogP contribution in [-0.4, -0.2) is 43.9 Å². The fraction of sp³-hybridized carbons (Fsp3) is 0.364. The zero-order valence-corrected chi connectivity index (χ0v) is 17.9. The highest BCUT2D eigenvalue weighted by Crippen LogP contribution is 2.20. The molecule has 0 bridgehead atoms. The molecule has 0 fully saturated rings. The molecule has 0 aliphatic carbocycles. The molecule has 0 spiro atoms. The third-order valence-electron chi connectivity index (χ3n) is 3.55. The number of amides is 1. The molecular formula is C22H26N2O6. The SMILES string of the molecule is C=C(C)C(=O)OCCN(C(=O)OC(C)(C)C)c1ccc(/C=C(\C#N)C(=O)OC)cc1. The van der Waals surface area contributed by atoms with E-state index < -0.39 is 23.6 Å². The molecule has 0 heterocycles. The van der Waals surface area contributed by atoms with E-state index in [4.69, 9.17) is 14.7 Å². The Morgan fingerprint density at radius 3 is 2.23 bits per heavy atom. The van der Waals surface area contributed by atoms with Crippen LogP contribution in [0.5, 0.6) is 0 Å². The summed E-state index contributed by atoms with van der Waals surface area (Å²) in [5.41, 5.74) is 0.451. The van der Waals surface area contributed by atoms with Gasteiger partial charge >= 0.3 is 18.0 Å². The maximum absolute atomic E-state index is 12.6. The lowest BCUT2D eigenvalue weighted by Crippen LogP contribution is -2.39. The zero-order chi connectivity index (χ0) is 22.9. The Bertz CT molecular complexity index is 872. The van der Waals surface area contributed by atoms with E-state index in [9.17, 15) is 14.4 Å². The van der Waals surface area contributed by atoms with E-state index in [1.165, 1.54) is 25.0 Å². The highest BCUT2D eigenvalue weighted by Gasteiger charge is 2.24. The molecule has 1 rings (SSSR count). The van der Waals surface area contributed by atoms with Crippen molar-refractivity contribution in [2.75, 3.05) is 25.2 Å². The van der Waals surface area contributed by atoms with Crippen molar-refractivity contribution in [3.8, 4) is 6.07 Å². The van der Waals surface area contributed by atoms with Crippen LogP contribution in [0.25, 0.3) is 6.08 Å². The molecule has 0 saturated carbocycles. The molecule has 0 atom stereocenters. The number of esters is 2. The van der Waals surface area contributed by atoms with Gasteiger partial charge in [0.25, 0.3) is 0 Å². The highest BCUT2D eigenvalue weighted by molar-refractivity contribution is 5.98. The first-order valence-electron chi connectivity index (χ1n) is 9.12. The smallest absolute Gasteiger partial charge is 0.414 e. The first-order chi connectivity index (χ1) is 14.0. The summed E-state index contributed by atoms with van der Waals surface area (Å²) in [6.07, 6.45) is 0.770. The summed E-state index contributed by atoms with van der Waals surface area (Å²) in [6.45, 7) is 10.3. The van der Waals surface area contributed by atoms with E-state index >= 15 is 0 Å². The van der Waals surface area contributed by atoms with Gasteiger partial charge in [0, 0.05) is 11.3 Å². The van der Waals surface area contributed by atoms with Crippen LogP contribution in [0.3, 0.4) is 0 Å². The molecular weight excluding hydrogens is 388 g/mol. The minimum Gasteiger partial charge on any atom is -0.465 e. The van der Waals surface area contributed by atoms with Crippen molar-refractivity contribution in [1.82, 2.24) is 0 Å². The number of carbonyl (C=O) groups is 3. The van der Waals surface area contributed by atoms with E-state index in [2.05, 4.69) is 11.3 Å². The lowest BCUT2D eigenvalue weighted by atomic mass is 10.1. The summed E-state index contributed by atoms with van der Waals surface area (Å²) >= 11 is 0. The second kappa shape index (κ2) is 10.8. The molecule has 1 aromatic carbocycles. The molecule has 1 amide bonds. The van der Waals surface area contributed by atoms with Gasteiger partial charge in [-0.2, -0.15) is 5.26 Å². The summed E-state index contributed by atoms with van der Waals surface area (Å²) in [5, 5.41) is 9.06. The molecule has 0 aliphatic rings. The molecule has 160 valence electrons. The number of benzene rings is 1. The number of carbonyl (C=O) groups excluding carboxylic acids is 3. The summed E-state index contributed by atoms with van der Waals surface area (Å²) in [4.78, 5) is 37.1. The van der Waals surface area contributed by atoms with Crippen molar-refractivity contribution >= 4 is 29.8 Å². The molecule has 0 aliphatic heterocycles. The standard InChI is InChI=1S/C22H26N2O6/c1-15(2)19(25)29-12-11-24(21(27)30-22(3,4)5)18-9-7-16(8-10-18)13-17(14-23)20(26)28-6/h7-10,13H,1,11-12H2,2-6H3/b17-13+. The van der Waals surface area contributed by atoms with E-state index in [0.29, 0.717) is 11.3 Å². The van der Waals surface area contributed by atoms with Crippen molar-refractivity contribution in [2.24, 2.45) is 0 Å². The fourth-order valence-corrected chi connectivity index (χ4v) is 2.16. The minimum absolute atomic E-state index is 0.0481. The predicted octanol–water partition coefficient (Wildman–Crippen LogP) is 3.63. The molecule has 8 heteroatoms. The Morgan fingerprint density at radius 1 is 1.17 bits per heavy atom. The van der Waals surface area contributed by atoms with Gasteiger partial charge in [-0.1, -0.05) is 18.7 Å². The molecule has 0 radical (unpaired) electrons. The van der Waals surface area contributed by atoms with Gasteiger partial charge < -0.3 is 14.2 Å². The topological polar surface area (TPSA) is 106 Å². The minimum atomic E-state index is -0.740. The van der Waals surface area contributed by atoms with Crippen LogP contribution in [0, 0.1) is 11.3 Å². The van der Waals surface area contributed by atoms with Gasteiger partial charge in [-0.3, -0.25) is 4.90 Å². The zero-order valence-electron chi connectivity index (χ0n) is 17.9. The van der Waals surface area contributed by atoms with E-state index in [0.717, 1.165) is 0 Å². The third-order valence-corrected chi connectivity index (χ3v) is 3.55. The van der Waals surface area contributed by atoms with Crippen molar-refractivity contribution < 1.29 is 28.6 Å². The average Bonchev–Trinajstić information content (AvgIpc) is 2.67. The summed E-state index contributed by atoms with van der Waals surface area (Å²) in [7, 11) is 1.19. The van der Waals surface area contributed by atoms with Crippen LogP contribution in [-0.2, 0) is 23.8 Å². The number of hydrogen-bond acceptors (Lipinski definition) is 7. The number of rotatable bonds is 7. The molecule has 1 aromatic rings. The van der Waals surface area contributed by atoms with Crippen LogP contribution >= 0.6 is 0 Å². The lowest BCUT2D eigenvalue weighted by molar-refractivity contribution is -0.138. The van der Waals surface area contributed by atoms with Gasteiger partial charge in [0.15, 0.2) is 0 Å². The van der Waals surface area contributed by atoms with Crippen LogP contribution < -0.4 is 4.90 Å². The normalized spacial score (nSPS) is 11.1. The maximum atomic E-state index is 12.6. The van der Waals surface area contributed by atoms with Crippen LogP contribution in [0.1, 0.15) is 33.3 Å². The molecule has 0 aromatic heterocycles. The van der Waals surface area contributed by atoms with Gasteiger partial charge in [-0.05, 0) is 51.5 Å². The summed E-state index contributed by atoms with van der Waals surface area (Å²) in [5.74, 6) is -1.29. The van der Waals surface area contributed by atoms with E-state index in [-0.39, 0.29) is 24.3 Å². The molecule has 0 saturated heterocycles. The second-order valence-corrected chi connectivity index (χ2v) is 7.30. The second-order valence-electron chi connectivity index (χ2n) is 7.30. The number of anilines is 1. The number of nitriles is 1. The quantitative estimate of drug-likeness (QED) is 0.290. The van der Waals surface area contributed by atoms with E-state index in [1.54, 1.807) is 51.1 Å². The van der Waals surface area contributed by atoms with Crippen molar-refractivity contribution in [1.29, 1.82) is 5.26 Å². The summed E-state index contributed by atoms with van der Waals surface area (Å²) in [6, 6.07) is 8.30. The Hall–Kier alpha value is -3.60. The lowest BCUT2D eigenvalue weighted by Gasteiger charge is -2.27. The molecule has 0 N–H and O–H groups in total. The first-order valence-corrected chi connectivity index (χ1v) is 9.12. The fourth-order valence-electron chi connectivity index (χ4n) is 2.16. The number of hydrogen-bond donors (Lipinski definition) is 0. The Labute approximate surface area is 176 Å². The predicted molar refractivity (Wildman–Crippen MR) is 111 cm³/mol. The van der Waals surface area contributed by atoms with Crippen LogP contribution in [0.2, 0.25) is 0 Å². The molecule has 30 heavy (non-hydrogen) atoms. The first kappa shape index (κ1) is 24.4. The Morgan fingerprint density at radius 2 is 1.77 bits per heavy atom. The molecule has 0 unspecified atom stereocenters. The van der Waals surface area contributed by atoms with Gasteiger partial charge in [0.05, 0.1) is 13.7 Å².